The van der Waals surface area contributed by atoms with E-state index >= 15 is 0 Å². The lowest BCUT2D eigenvalue weighted by molar-refractivity contribution is 0.133. The van der Waals surface area contributed by atoms with Gasteiger partial charge in [-0.2, -0.15) is 0 Å². The molecule has 1 aliphatic heterocycles. The molecule has 6 nitrogen and oxygen atoms in total. The topological polar surface area (TPSA) is 76.8 Å². The van der Waals surface area contributed by atoms with Crippen LogP contribution < -0.4 is 15.8 Å². The molecule has 0 unspecified atom stereocenters. The summed E-state index contributed by atoms with van der Waals surface area (Å²) >= 11 is 1.58. The van der Waals surface area contributed by atoms with E-state index in [4.69, 9.17) is 15.2 Å². The van der Waals surface area contributed by atoms with Crippen LogP contribution in [0.25, 0.3) is 5.70 Å². The molecule has 1 aromatic heterocycles. The van der Waals surface area contributed by atoms with Crippen molar-refractivity contribution in [3.05, 3.63) is 51.6 Å². The molecule has 2 aliphatic rings. The number of carbonyl (C=O) groups is 1. The van der Waals surface area contributed by atoms with Crippen LogP contribution >= 0.6 is 11.3 Å². The minimum absolute atomic E-state index is 0.0305. The first-order chi connectivity index (χ1) is 14.0. The lowest BCUT2D eigenvalue weighted by atomic mass is 10.1. The normalized spacial score (nSPS) is 21.2. The molecule has 1 saturated carbocycles. The van der Waals surface area contributed by atoms with Gasteiger partial charge in [0.05, 0.1) is 25.0 Å². The number of nitrogens with one attached hydrogen (secondary N) is 1. The van der Waals surface area contributed by atoms with Crippen LogP contribution in [-0.2, 0) is 11.3 Å². The lowest BCUT2D eigenvalue weighted by Crippen LogP contribution is -2.33. The molecule has 1 fully saturated rings. The molecule has 2 heterocycles. The van der Waals surface area contributed by atoms with Crippen LogP contribution in [0.4, 0.5) is 14.9 Å². The number of hydrogen-bond donors (Lipinski definition) is 2. The third-order valence-corrected chi connectivity index (χ3v) is 6.31. The Balaban J connectivity index is 1.68. The van der Waals surface area contributed by atoms with Crippen molar-refractivity contribution in [3.8, 4) is 5.75 Å². The molecular formula is C21H24FN3O3S. The van der Waals surface area contributed by atoms with Crippen LogP contribution in [0, 0.1) is 5.82 Å². The number of fused-ring (bicyclic) bond motifs is 1. The van der Waals surface area contributed by atoms with Crippen molar-refractivity contribution in [2.75, 3.05) is 12.4 Å². The summed E-state index contributed by atoms with van der Waals surface area (Å²) in [5, 5.41) is 5.37. The van der Waals surface area contributed by atoms with E-state index in [0.717, 1.165) is 41.1 Å². The first kappa shape index (κ1) is 19.7. The van der Waals surface area contributed by atoms with E-state index in [1.54, 1.807) is 22.3 Å². The molecule has 1 aliphatic carbocycles. The van der Waals surface area contributed by atoms with Gasteiger partial charge in [-0.15, -0.1) is 11.3 Å². The summed E-state index contributed by atoms with van der Waals surface area (Å²) in [7, 11) is 1.37. The molecule has 3 N–H and O–H groups in total. The van der Waals surface area contributed by atoms with Gasteiger partial charge in [-0.25, -0.2) is 9.18 Å². The predicted molar refractivity (Wildman–Crippen MR) is 111 cm³/mol. The maximum absolute atomic E-state index is 13.9. The van der Waals surface area contributed by atoms with Gasteiger partial charge in [-0.3, -0.25) is 4.90 Å². The number of nitrogens with zero attached hydrogens (tertiary/aromatic N) is 1. The van der Waals surface area contributed by atoms with Crippen LogP contribution in [0.5, 0.6) is 5.75 Å². The zero-order valence-corrected chi connectivity index (χ0v) is 17.2. The number of hydrogen-bond acceptors (Lipinski definition) is 6. The Labute approximate surface area is 173 Å². The van der Waals surface area contributed by atoms with E-state index in [1.165, 1.54) is 19.2 Å². The molecule has 0 spiro atoms. The van der Waals surface area contributed by atoms with Crippen molar-refractivity contribution in [1.82, 2.24) is 4.90 Å². The Morgan fingerprint density at radius 3 is 2.90 bits per heavy atom. The maximum Gasteiger partial charge on any atom is 0.414 e. The second kappa shape index (κ2) is 8.04. The molecule has 4 rings (SSSR count). The smallest absolute Gasteiger partial charge is 0.414 e. The van der Waals surface area contributed by atoms with Crippen molar-refractivity contribution in [2.45, 2.75) is 44.9 Å². The van der Waals surface area contributed by atoms with Crippen LogP contribution in [-0.4, -0.2) is 30.2 Å². The number of amides is 1. The molecule has 1 amide bonds. The summed E-state index contributed by atoms with van der Waals surface area (Å²) in [6, 6.07) is 6.57. The summed E-state index contributed by atoms with van der Waals surface area (Å²) in [4.78, 5) is 14.9. The molecule has 0 bridgehead atoms. The summed E-state index contributed by atoms with van der Waals surface area (Å²) in [5.41, 5.74) is 9.16. The Morgan fingerprint density at radius 1 is 1.34 bits per heavy atom. The van der Waals surface area contributed by atoms with Gasteiger partial charge in [-0.1, -0.05) is 0 Å². The maximum atomic E-state index is 13.9. The minimum Gasteiger partial charge on any atom is -0.488 e. The number of rotatable bonds is 4. The van der Waals surface area contributed by atoms with E-state index in [1.807, 2.05) is 18.4 Å². The molecule has 2 atom stereocenters. The number of ether oxygens (including phenoxy) is 2. The summed E-state index contributed by atoms with van der Waals surface area (Å²) in [6.45, 7) is 2.32. The van der Waals surface area contributed by atoms with Gasteiger partial charge in [-0.05, 0) is 49.8 Å². The lowest BCUT2D eigenvalue weighted by Gasteiger charge is -2.30. The van der Waals surface area contributed by atoms with Gasteiger partial charge in [0.1, 0.15) is 17.7 Å². The highest BCUT2D eigenvalue weighted by Gasteiger charge is 2.29. The Morgan fingerprint density at radius 2 is 2.17 bits per heavy atom. The van der Waals surface area contributed by atoms with Gasteiger partial charge < -0.3 is 20.5 Å². The van der Waals surface area contributed by atoms with Gasteiger partial charge in [0.2, 0.25) is 0 Å². The molecular weight excluding hydrogens is 393 g/mol. The molecule has 2 aromatic rings. The van der Waals surface area contributed by atoms with E-state index in [0.29, 0.717) is 18.0 Å². The van der Waals surface area contributed by atoms with Gasteiger partial charge >= 0.3 is 6.09 Å². The highest BCUT2D eigenvalue weighted by atomic mass is 32.1. The molecule has 29 heavy (non-hydrogen) atoms. The zero-order chi connectivity index (χ0) is 20.5. The SMILES string of the molecule is COC(=O)N1Cc2sccc2C(Nc2ccc(F)cc2O[C@H]2CC[C@H](N)C2)=C1C. The molecule has 1 aromatic carbocycles. The first-order valence-corrected chi connectivity index (χ1v) is 10.5. The second-order valence-electron chi connectivity index (χ2n) is 7.35. The monoisotopic (exact) mass is 417 g/mol. The Kier molecular flexibility index (Phi) is 5.47. The largest absolute Gasteiger partial charge is 0.488 e. The van der Waals surface area contributed by atoms with E-state index in [9.17, 15) is 9.18 Å². The Bertz CT molecular complexity index is 958. The average Bonchev–Trinajstić information content (AvgIpc) is 3.33. The fraction of sp³-hybridized carbons (Fsp3) is 0.381. The van der Waals surface area contributed by atoms with E-state index in [-0.39, 0.29) is 18.0 Å². The first-order valence-electron chi connectivity index (χ1n) is 9.58. The highest BCUT2D eigenvalue weighted by molar-refractivity contribution is 7.10. The number of allylic oxidation sites excluding steroid dienone is 1. The van der Waals surface area contributed by atoms with Crippen LogP contribution in [0.2, 0.25) is 0 Å². The third kappa shape index (κ3) is 3.95. The van der Waals surface area contributed by atoms with Crippen molar-refractivity contribution >= 4 is 28.8 Å². The second-order valence-corrected chi connectivity index (χ2v) is 8.35. The summed E-state index contributed by atoms with van der Waals surface area (Å²) < 4.78 is 25.0. The standard InChI is InChI=1S/C21H24FN3O3S/c1-12-20(16-7-8-29-19(16)11-25(12)21(26)27-2)24-17-6-3-13(22)9-18(17)28-15-5-4-14(23)10-15/h3,6-9,14-15,24H,4-5,10-11,23H2,1-2H3/t14-,15-/m0/s1. The molecule has 154 valence electrons. The fourth-order valence-corrected chi connectivity index (χ4v) is 4.71. The molecule has 0 radical (unpaired) electrons. The number of benzene rings is 1. The van der Waals surface area contributed by atoms with Crippen molar-refractivity contribution in [3.63, 3.8) is 0 Å². The minimum atomic E-state index is -0.420. The van der Waals surface area contributed by atoms with Gasteiger partial charge in [0.15, 0.2) is 0 Å². The number of anilines is 1. The quantitative estimate of drug-likeness (QED) is 0.764. The number of carbonyl (C=O) groups excluding carboxylic acids is 1. The number of methoxy groups -OCH3 is 1. The van der Waals surface area contributed by atoms with Crippen molar-refractivity contribution < 1.29 is 18.7 Å². The average molecular weight is 418 g/mol. The Hall–Kier alpha value is -2.58. The third-order valence-electron chi connectivity index (χ3n) is 5.40. The van der Waals surface area contributed by atoms with Gasteiger partial charge in [0.25, 0.3) is 0 Å². The van der Waals surface area contributed by atoms with Crippen LogP contribution in [0.15, 0.2) is 35.3 Å². The summed E-state index contributed by atoms with van der Waals surface area (Å²) in [5.74, 6) is 0.0750. The fourth-order valence-electron chi connectivity index (χ4n) is 3.84. The van der Waals surface area contributed by atoms with E-state index < -0.39 is 6.09 Å². The number of thiophene rings is 1. The van der Waals surface area contributed by atoms with Crippen LogP contribution in [0.1, 0.15) is 36.6 Å². The zero-order valence-electron chi connectivity index (χ0n) is 16.4. The number of halogens is 1. The van der Waals surface area contributed by atoms with E-state index in [2.05, 4.69) is 5.32 Å². The molecule has 8 heteroatoms. The predicted octanol–water partition coefficient (Wildman–Crippen LogP) is 4.53. The van der Waals surface area contributed by atoms with Gasteiger partial charge in [0, 0.05) is 28.2 Å². The van der Waals surface area contributed by atoms with Crippen molar-refractivity contribution in [1.29, 1.82) is 0 Å². The van der Waals surface area contributed by atoms with Crippen LogP contribution in [0.3, 0.4) is 0 Å². The highest BCUT2D eigenvalue weighted by Crippen LogP contribution is 2.38. The number of nitrogens with two attached hydrogens (primary N) is 1. The summed E-state index contributed by atoms with van der Waals surface area (Å²) in [6.07, 6.45) is 2.05. The molecule has 0 saturated heterocycles. The van der Waals surface area contributed by atoms with Crippen molar-refractivity contribution in [2.24, 2.45) is 5.73 Å².